The lowest BCUT2D eigenvalue weighted by atomic mass is 9.32. The third-order valence-electron chi connectivity index (χ3n) is 18.2. The highest BCUT2D eigenvalue weighted by Gasteiger charge is 2.71. The van der Waals surface area contributed by atoms with Crippen LogP contribution in [0.15, 0.2) is 61.2 Å². The van der Waals surface area contributed by atoms with Gasteiger partial charge in [-0.25, -0.2) is 9.59 Å². The Kier molecular flexibility index (Phi) is 11.2. The lowest BCUT2D eigenvalue weighted by Crippen LogP contribution is -2.67. The fraction of sp³-hybridized carbons (Fsp3) is 0.720. The zero-order valence-corrected chi connectivity index (χ0v) is 38.1. The predicted molar refractivity (Wildman–Crippen MR) is 231 cm³/mol. The number of fused-ring (bicyclic) bond motifs is 7. The summed E-state index contributed by atoms with van der Waals surface area (Å²) >= 11 is 0. The van der Waals surface area contributed by atoms with Crippen molar-refractivity contribution in [1.82, 2.24) is 0 Å². The molecule has 0 saturated heterocycles. The first-order valence-electron chi connectivity index (χ1n) is 22.6. The third-order valence-corrected chi connectivity index (χ3v) is 18.2. The fourth-order valence-corrected chi connectivity index (χ4v) is 14.5. The molecule has 5 saturated carbocycles. The number of ether oxygens (including phenoxy) is 2. The van der Waals surface area contributed by atoms with Gasteiger partial charge >= 0.3 is 11.9 Å². The van der Waals surface area contributed by atoms with Gasteiger partial charge in [0.1, 0.15) is 6.10 Å². The van der Waals surface area contributed by atoms with Gasteiger partial charge in [-0.05, 0) is 117 Å². The van der Waals surface area contributed by atoms with Gasteiger partial charge in [0, 0.05) is 88.5 Å². The Morgan fingerprint density at radius 1 is 0.724 bits per heavy atom. The maximum atomic E-state index is 13.8. The number of rotatable bonds is 10. The van der Waals surface area contributed by atoms with Gasteiger partial charge < -0.3 is 19.3 Å². The minimum absolute atomic E-state index is 0.000656. The van der Waals surface area contributed by atoms with Gasteiger partial charge in [-0.15, -0.1) is 0 Å². The van der Waals surface area contributed by atoms with E-state index in [4.69, 9.17) is 9.47 Å². The van der Waals surface area contributed by atoms with Crippen molar-refractivity contribution in [2.24, 2.45) is 56.7 Å². The molecule has 7 rings (SSSR count). The van der Waals surface area contributed by atoms with Crippen LogP contribution in [0.1, 0.15) is 132 Å². The van der Waals surface area contributed by atoms with E-state index in [0.29, 0.717) is 36.2 Å². The molecule has 0 aromatic carbocycles. The summed E-state index contributed by atoms with van der Waals surface area (Å²) in [5.74, 6) is 2.36. The van der Waals surface area contributed by atoms with E-state index in [-0.39, 0.29) is 57.2 Å². The number of pyridine rings is 2. The van der Waals surface area contributed by atoms with E-state index in [9.17, 15) is 9.59 Å². The van der Waals surface area contributed by atoms with E-state index >= 15 is 0 Å². The average Bonchev–Trinajstić information content (AvgIpc) is 3.58. The topological polar surface area (TPSA) is 66.8 Å². The quantitative estimate of drug-likeness (QED) is 0.136. The molecular weight excluding hydrogens is 721 g/mol. The SMILES string of the molecule is C=C(C)[C@@H]1CC[C@]2(COC(=O)C(C)[n+]3ccc(N(C)C)cc3)CC[C@]3(C)[C@H](CC[C@@H]4[C@@]5(C)CC[C@H](OC(=O)C(C)[n+]6ccc(N(C)C)cc6)C(C)(C)[C@@H]5CC[C@]43C)[C@@H]12. The van der Waals surface area contributed by atoms with E-state index in [0.717, 1.165) is 43.5 Å². The molecule has 8 nitrogen and oxygen atoms in total. The van der Waals surface area contributed by atoms with Crippen molar-refractivity contribution < 1.29 is 28.2 Å². The predicted octanol–water partition coefficient (Wildman–Crippen LogP) is 9.33. The molecule has 0 spiro atoms. The van der Waals surface area contributed by atoms with Gasteiger partial charge in [0.25, 0.3) is 12.1 Å². The lowest BCUT2D eigenvalue weighted by Gasteiger charge is -2.73. The van der Waals surface area contributed by atoms with Gasteiger partial charge in [0.15, 0.2) is 24.8 Å². The average molecular weight is 797 g/mol. The Bertz CT molecular complexity index is 1860. The third kappa shape index (κ3) is 6.79. The van der Waals surface area contributed by atoms with Crippen molar-refractivity contribution in [2.75, 3.05) is 44.6 Å². The van der Waals surface area contributed by atoms with Crippen LogP contribution in [0.3, 0.4) is 0 Å². The zero-order chi connectivity index (χ0) is 42.2. The molecular formula is C50H76N4O4+2. The molecule has 8 heteroatoms. The molecule has 2 aromatic rings. The number of carbonyl (C=O) groups is 2. The first kappa shape index (κ1) is 42.7. The van der Waals surface area contributed by atoms with Gasteiger partial charge in [-0.2, -0.15) is 9.13 Å². The van der Waals surface area contributed by atoms with E-state index in [1.165, 1.54) is 37.7 Å². The standard InChI is InChI=1S/C50H76N4O4/c1-33(2)38-16-25-50(32-57-44(55)34(3)53-28-19-36(20-29-53)51(10)11)27-26-48(8)39(43(38)50)14-15-41-47(7)23-18-42(46(5,6)40(47)17-24-49(41,48)9)58-45(56)35(4)54-30-21-37(22-31-54)52(12)13/h19-22,28-31,34-35,38-43H,1,14-18,23-27,32H2,2-13H3/q+2/t34?,35?,38-,39+,40-,41+,42-,43+,47-,48+,49+,50+/m0/s1. The minimum atomic E-state index is -0.381. The summed E-state index contributed by atoms with van der Waals surface area (Å²) in [4.78, 5) is 31.6. The van der Waals surface area contributed by atoms with Gasteiger partial charge in [-0.1, -0.05) is 46.8 Å². The normalized spacial score (nSPS) is 37.2. The van der Waals surface area contributed by atoms with Gasteiger partial charge in [0.2, 0.25) is 0 Å². The fourth-order valence-electron chi connectivity index (χ4n) is 14.5. The number of aromatic nitrogens is 2. The summed E-state index contributed by atoms with van der Waals surface area (Å²) < 4.78 is 16.9. The monoisotopic (exact) mass is 797 g/mol. The summed E-state index contributed by atoms with van der Waals surface area (Å²) in [6.07, 6.45) is 19.3. The number of allylic oxidation sites excluding steroid dienone is 1. The summed E-state index contributed by atoms with van der Waals surface area (Å²) in [5.41, 5.74) is 3.99. The highest BCUT2D eigenvalue weighted by Crippen LogP contribution is 2.77. The van der Waals surface area contributed by atoms with Gasteiger partial charge in [0.05, 0.1) is 6.61 Å². The Labute approximate surface area is 350 Å². The van der Waals surface area contributed by atoms with Crippen molar-refractivity contribution >= 4 is 23.3 Å². The maximum absolute atomic E-state index is 13.8. The second-order valence-electron chi connectivity index (χ2n) is 21.6. The molecule has 0 radical (unpaired) electrons. The number of nitrogens with zero attached hydrogens (tertiary/aromatic N) is 4. The summed E-state index contributed by atoms with van der Waals surface area (Å²) in [6, 6.07) is 7.44. The number of hydrogen-bond donors (Lipinski definition) is 0. The summed E-state index contributed by atoms with van der Waals surface area (Å²) in [5, 5.41) is 0. The molecule has 58 heavy (non-hydrogen) atoms. The smallest absolute Gasteiger partial charge is 0.375 e. The highest BCUT2D eigenvalue weighted by molar-refractivity contribution is 5.72. The largest absolute Gasteiger partial charge is 0.460 e. The second-order valence-corrected chi connectivity index (χ2v) is 21.6. The maximum Gasteiger partial charge on any atom is 0.375 e. The molecule has 5 fully saturated rings. The first-order chi connectivity index (χ1) is 27.2. The molecule has 0 N–H and O–H groups in total. The van der Waals surface area contributed by atoms with Crippen molar-refractivity contribution in [3.05, 3.63) is 61.2 Å². The zero-order valence-electron chi connectivity index (χ0n) is 38.1. The minimum Gasteiger partial charge on any atom is -0.460 e. The Morgan fingerprint density at radius 3 is 1.84 bits per heavy atom. The molecule has 0 bridgehead atoms. The molecule has 5 aliphatic rings. The van der Waals surface area contributed by atoms with Crippen molar-refractivity contribution in [2.45, 2.75) is 138 Å². The van der Waals surface area contributed by atoms with E-state index in [1.807, 2.05) is 88.1 Å². The van der Waals surface area contributed by atoms with E-state index in [2.05, 4.69) is 70.1 Å². The number of esters is 2. The van der Waals surface area contributed by atoms with E-state index < -0.39 is 0 Å². The number of hydrogen-bond acceptors (Lipinski definition) is 6. The molecule has 0 amide bonds. The van der Waals surface area contributed by atoms with Crippen molar-refractivity contribution in [3.8, 4) is 0 Å². The molecule has 318 valence electrons. The Balaban J connectivity index is 1.08. The summed E-state index contributed by atoms with van der Waals surface area (Å²) in [7, 11) is 8.11. The molecule has 5 aliphatic carbocycles. The molecule has 2 aromatic heterocycles. The van der Waals surface area contributed by atoms with Crippen LogP contribution >= 0.6 is 0 Å². The van der Waals surface area contributed by atoms with Crippen LogP contribution in [-0.4, -0.2) is 52.8 Å². The number of anilines is 2. The highest BCUT2D eigenvalue weighted by atomic mass is 16.5. The van der Waals surface area contributed by atoms with Crippen molar-refractivity contribution in [1.29, 1.82) is 0 Å². The molecule has 0 aliphatic heterocycles. The lowest BCUT2D eigenvalue weighted by molar-refractivity contribution is -0.707. The second kappa shape index (κ2) is 15.2. The van der Waals surface area contributed by atoms with Crippen LogP contribution in [0, 0.1) is 56.7 Å². The van der Waals surface area contributed by atoms with Crippen LogP contribution in [0.2, 0.25) is 0 Å². The van der Waals surface area contributed by atoms with Gasteiger partial charge in [-0.3, -0.25) is 0 Å². The number of carbonyl (C=O) groups excluding carboxylic acids is 2. The van der Waals surface area contributed by atoms with Crippen LogP contribution in [0.5, 0.6) is 0 Å². The van der Waals surface area contributed by atoms with Crippen LogP contribution < -0.4 is 18.9 Å². The van der Waals surface area contributed by atoms with Crippen LogP contribution in [0.4, 0.5) is 11.4 Å². The Morgan fingerprint density at radius 2 is 1.29 bits per heavy atom. The first-order valence-corrected chi connectivity index (χ1v) is 22.6. The Hall–Kier alpha value is -3.42. The van der Waals surface area contributed by atoms with Crippen LogP contribution in [-0.2, 0) is 19.1 Å². The molecule has 2 heterocycles. The molecule has 12 atom stereocenters. The molecule has 2 unspecified atom stereocenters. The van der Waals surface area contributed by atoms with Crippen LogP contribution in [0.25, 0.3) is 0 Å². The van der Waals surface area contributed by atoms with E-state index in [1.54, 1.807) is 0 Å². The van der Waals surface area contributed by atoms with Crippen molar-refractivity contribution in [3.63, 3.8) is 0 Å². The summed E-state index contributed by atoms with van der Waals surface area (Å²) in [6.45, 7) is 24.1.